The van der Waals surface area contributed by atoms with Crippen LogP contribution in [0.1, 0.15) is 0 Å². The molecule has 1 aromatic heterocycles. The topological polar surface area (TPSA) is 38.7 Å². The Morgan fingerprint density at radius 2 is 2.38 bits per heavy atom. The fourth-order valence-corrected chi connectivity index (χ4v) is 1.78. The molecule has 0 radical (unpaired) electrons. The van der Waals surface area contributed by atoms with Gasteiger partial charge in [-0.1, -0.05) is 0 Å². The Bertz CT molecular complexity index is 394. The molecule has 1 aromatic rings. The van der Waals surface area contributed by atoms with E-state index in [4.69, 9.17) is 4.74 Å². The van der Waals surface area contributed by atoms with Gasteiger partial charge in [-0.25, -0.2) is 9.79 Å². The van der Waals surface area contributed by atoms with Gasteiger partial charge in [0.25, 0.3) is 0 Å². The molecule has 5 heteroatoms. The molecule has 2 rings (SSSR count). The highest BCUT2D eigenvalue weighted by Gasteiger charge is 2.19. The average Bonchev–Trinajstić information content (AvgIpc) is 2.63. The summed E-state index contributed by atoms with van der Waals surface area (Å²) in [6, 6.07) is 1.85. The van der Waals surface area contributed by atoms with Crippen molar-refractivity contribution in [1.29, 1.82) is 0 Å². The third kappa shape index (κ3) is 1.87. The van der Waals surface area contributed by atoms with Crippen molar-refractivity contribution in [2.45, 2.75) is 0 Å². The van der Waals surface area contributed by atoms with Crippen molar-refractivity contribution in [3.63, 3.8) is 0 Å². The highest BCUT2D eigenvalue weighted by molar-refractivity contribution is 9.12. The van der Waals surface area contributed by atoms with Crippen LogP contribution in [0.3, 0.4) is 0 Å². The third-order valence-electron chi connectivity index (χ3n) is 1.38. The van der Waals surface area contributed by atoms with Crippen molar-refractivity contribution in [1.82, 2.24) is 0 Å². The molecule has 0 saturated heterocycles. The summed E-state index contributed by atoms with van der Waals surface area (Å²) in [7, 11) is 0. The summed E-state index contributed by atoms with van der Waals surface area (Å²) in [5.41, 5.74) is 0.792. The van der Waals surface area contributed by atoms with Gasteiger partial charge in [0.1, 0.15) is 0 Å². The Morgan fingerprint density at radius 1 is 1.54 bits per heavy atom. The lowest BCUT2D eigenvalue weighted by Crippen LogP contribution is -1.99. The summed E-state index contributed by atoms with van der Waals surface area (Å²) in [5, 5.41) is 3.78. The Balaban J connectivity index is 2.29. The van der Waals surface area contributed by atoms with Crippen LogP contribution in [0.25, 0.3) is 0 Å². The molecule has 1 aliphatic rings. The minimum atomic E-state index is -0.388. The molecular weight excluding hydrogens is 254 g/mol. The van der Waals surface area contributed by atoms with Gasteiger partial charge in [-0.05, 0) is 27.4 Å². The number of rotatable bonds is 1. The number of carbonyl (C=O) groups is 1. The number of esters is 1. The average molecular weight is 258 g/mol. The third-order valence-corrected chi connectivity index (χ3v) is 2.62. The van der Waals surface area contributed by atoms with Gasteiger partial charge in [-0.2, -0.15) is 11.3 Å². The van der Waals surface area contributed by atoms with Crippen LogP contribution in [0.15, 0.2) is 32.4 Å². The maximum Gasteiger partial charge on any atom is 0.338 e. The first-order valence-corrected chi connectivity index (χ1v) is 5.19. The number of aliphatic imine (C=N–C) groups is 1. The summed E-state index contributed by atoms with van der Waals surface area (Å²) >= 11 is 4.72. The molecular formula is C8H4BrNO2S. The zero-order valence-electron chi connectivity index (χ0n) is 6.36. The van der Waals surface area contributed by atoms with Gasteiger partial charge in [-0.15, -0.1) is 0 Å². The fraction of sp³-hybridized carbons (Fsp3) is 0. The van der Waals surface area contributed by atoms with Gasteiger partial charge in [0.05, 0.1) is 10.2 Å². The molecule has 0 amide bonds. The number of halogens is 1. The second-order valence-corrected chi connectivity index (χ2v) is 3.95. The van der Waals surface area contributed by atoms with Crippen molar-refractivity contribution in [2.24, 2.45) is 4.99 Å². The molecule has 13 heavy (non-hydrogen) atoms. The van der Waals surface area contributed by atoms with Gasteiger partial charge < -0.3 is 4.74 Å². The molecule has 0 fully saturated rings. The summed E-state index contributed by atoms with van der Waals surface area (Å²) < 4.78 is 5.41. The van der Waals surface area contributed by atoms with Crippen LogP contribution in [0.4, 0.5) is 5.69 Å². The standard InChI is InChI=1S/C8H4BrNO2S/c9-6-3-7(11)12-8(6)10-5-1-2-13-4-5/h1-4H. The molecule has 3 nitrogen and oxygen atoms in total. The number of ether oxygens (including phenoxy) is 1. The normalized spacial score (nSPS) is 19.0. The lowest BCUT2D eigenvalue weighted by Gasteiger charge is -1.94. The summed E-state index contributed by atoms with van der Waals surface area (Å²) in [4.78, 5) is 14.9. The zero-order valence-corrected chi connectivity index (χ0v) is 8.76. The quantitative estimate of drug-likeness (QED) is 0.726. The van der Waals surface area contributed by atoms with Crippen molar-refractivity contribution in [2.75, 3.05) is 0 Å². The molecule has 0 unspecified atom stereocenters. The lowest BCUT2D eigenvalue weighted by molar-refractivity contribution is -0.129. The van der Waals surface area contributed by atoms with Gasteiger partial charge >= 0.3 is 5.97 Å². The largest absolute Gasteiger partial charge is 0.403 e. The van der Waals surface area contributed by atoms with Crippen LogP contribution >= 0.6 is 27.3 Å². The first-order chi connectivity index (χ1) is 6.25. The molecule has 0 aromatic carbocycles. The van der Waals surface area contributed by atoms with Crippen molar-refractivity contribution >= 4 is 44.8 Å². The Morgan fingerprint density at radius 3 is 2.92 bits per heavy atom. The SMILES string of the molecule is O=C1C=C(Br)C(=Nc2ccsc2)O1. The smallest absolute Gasteiger partial charge is 0.338 e. The van der Waals surface area contributed by atoms with E-state index in [1.165, 1.54) is 6.08 Å². The highest BCUT2D eigenvalue weighted by Crippen LogP contribution is 2.22. The Kier molecular flexibility index (Phi) is 2.28. The van der Waals surface area contributed by atoms with E-state index in [9.17, 15) is 4.79 Å². The van der Waals surface area contributed by atoms with Crippen molar-refractivity contribution < 1.29 is 9.53 Å². The molecule has 66 valence electrons. The maximum absolute atomic E-state index is 10.8. The number of cyclic esters (lactones) is 1. The lowest BCUT2D eigenvalue weighted by atomic mass is 10.5. The highest BCUT2D eigenvalue weighted by atomic mass is 79.9. The number of thiophene rings is 1. The summed E-state index contributed by atoms with van der Waals surface area (Å²) in [6.45, 7) is 0. The number of nitrogens with zero attached hydrogens (tertiary/aromatic N) is 1. The summed E-state index contributed by atoms with van der Waals surface area (Å²) in [5.74, 6) is -0.0655. The van der Waals surface area contributed by atoms with E-state index >= 15 is 0 Å². The van der Waals surface area contributed by atoms with Crippen LogP contribution < -0.4 is 0 Å². The fourth-order valence-electron chi connectivity index (χ4n) is 0.853. The van der Waals surface area contributed by atoms with Crippen molar-refractivity contribution in [3.8, 4) is 0 Å². The maximum atomic E-state index is 10.8. The zero-order chi connectivity index (χ0) is 9.26. The van der Waals surface area contributed by atoms with E-state index in [0.717, 1.165) is 5.69 Å². The van der Waals surface area contributed by atoms with E-state index in [0.29, 0.717) is 10.4 Å². The van der Waals surface area contributed by atoms with Gasteiger partial charge in [0.2, 0.25) is 5.90 Å². The Hall–Kier alpha value is -0.940. The van der Waals surface area contributed by atoms with Crippen LogP contribution in [0.2, 0.25) is 0 Å². The van der Waals surface area contributed by atoms with Crippen LogP contribution in [-0.2, 0) is 9.53 Å². The molecule has 2 heterocycles. The first-order valence-electron chi connectivity index (χ1n) is 3.46. The molecule has 1 aliphatic heterocycles. The number of hydrogen-bond acceptors (Lipinski definition) is 4. The monoisotopic (exact) mass is 257 g/mol. The first kappa shape index (κ1) is 8.65. The van der Waals surface area contributed by atoms with E-state index in [-0.39, 0.29) is 5.97 Å². The van der Waals surface area contributed by atoms with Crippen LogP contribution in [-0.4, -0.2) is 11.9 Å². The number of hydrogen-bond donors (Lipinski definition) is 0. The second kappa shape index (κ2) is 3.43. The van der Waals surface area contributed by atoms with Gasteiger partial charge in [0, 0.05) is 11.5 Å². The van der Waals surface area contributed by atoms with E-state index in [2.05, 4.69) is 20.9 Å². The predicted molar refractivity (Wildman–Crippen MR) is 54.5 cm³/mol. The van der Waals surface area contributed by atoms with E-state index in [1.807, 2.05) is 16.8 Å². The minimum Gasteiger partial charge on any atom is -0.403 e. The van der Waals surface area contributed by atoms with Crippen molar-refractivity contribution in [3.05, 3.63) is 27.4 Å². The molecule has 0 aliphatic carbocycles. The van der Waals surface area contributed by atoms with Crippen LogP contribution in [0, 0.1) is 0 Å². The van der Waals surface area contributed by atoms with E-state index in [1.54, 1.807) is 11.3 Å². The van der Waals surface area contributed by atoms with Gasteiger partial charge in [0.15, 0.2) is 0 Å². The minimum absolute atomic E-state index is 0.323. The summed E-state index contributed by atoms with van der Waals surface area (Å²) in [6.07, 6.45) is 1.35. The molecule has 0 atom stereocenters. The molecule has 0 saturated carbocycles. The van der Waals surface area contributed by atoms with Crippen LogP contribution in [0.5, 0.6) is 0 Å². The molecule has 0 spiro atoms. The second-order valence-electron chi connectivity index (χ2n) is 2.31. The Labute approximate surface area is 86.9 Å². The van der Waals surface area contributed by atoms with Gasteiger partial charge in [-0.3, -0.25) is 0 Å². The number of carbonyl (C=O) groups excluding carboxylic acids is 1. The predicted octanol–water partition coefficient (Wildman–Crippen LogP) is 2.61. The van der Waals surface area contributed by atoms with E-state index < -0.39 is 0 Å². The molecule has 0 N–H and O–H groups in total. The molecule has 0 bridgehead atoms.